The number of phenolic OH excluding ortho intramolecular Hbond substituents is 2. The summed E-state index contributed by atoms with van der Waals surface area (Å²) in [6.45, 7) is 1.31. The molecule has 0 aliphatic rings. The number of hydrogen-bond acceptors (Lipinski definition) is 8. The predicted molar refractivity (Wildman–Crippen MR) is 119 cm³/mol. The van der Waals surface area contributed by atoms with Crippen LogP contribution in [0, 0.1) is 0 Å². The maximum absolute atomic E-state index is 11.5. The molecule has 31 heavy (non-hydrogen) atoms. The second kappa shape index (κ2) is 12.9. The minimum absolute atomic E-state index is 0.0293. The number of ether oxygens (including phenoxy) is 2. The van der Waals surface area contributed by atoms with Crippen molar-refractivity contribution in [3.05, 3.63) is 46.5 Å². The van der Waals surface area contributed by atoms with Gasteiger partial charge in [0.1, 0.15) is 23.0 Å². The van der Waals surface area contributed by atoms with Gasteiger partial charge in [-0.25, -0.2) is 0 Å². The first-order chi connectivity index (χ1) is 14.7. The highest BCUT2D eigenvalue weighted by atomic mass is 79.9. The number of carbonyl (C=O) groups excluding carboxylic acids is 2. The molecule has 0 amide bonds. The van der Waals surface area contributed by atoms with Crippen LogP contribution in [0.15, 0.2) is 24.3 Å². The lowest BCUT2D eigenvalue weighted by atomic mass is 10.0. The van der Waals surface area contributed by atoms with Crippen molar-refractivity contribution >= 4 is 27.5 Å². The first-order valence-corrected chi connectivity index (χ1v) is 10.5. The summed E-state index contributed by atoms with van der Waals surface area (Å²) in [7, 11) is 2.95. The van der Waals surface area contributed by atoms with Crippen LogP contribution >= 0.6 is 15.9 Å². The van der Waals surface area contributed by atoms with E-state index in [9.17, 15) is 19.8 Å². The fourth-order valence-corrected chi connectivity index (χ4v) is 3.12. The molecule has 0 heterocycles. The third kappa shape index (κ3) is 7.23. The summed E-state index contributed by atoms with van der Waals surface area (Å²) in [5, 5.41) is 37.0. The molecule has 4 N–H and O–H groups in total. The van der Waals surface area contributed by atoms with Gasteiger partial charge in [0.05, 0.1) is 30.7 Å². The number of halogens is 1. The van der Waals surface area contributed by atoms with Crippen molar-refractivity contribution in [2.75, 3.05) is 32.8 Å². The molecule has 2 aromatic carbocycles. The average molecular weight is 499 g/mol. The number of carbonyl (C=O) groups is 2. The van der Waals surface area contributed by atoms with Gasteiger partial charge >= 0.3 is 0 Å². The summed E-state index contributed by atoms with van der Waals surface area (Å²) in [5.74, 6) is 0.321. The minimum Gasteiger partial charge on any atom is -0.507 e. The van der Waals surface area contributed by atoms with Crippen LogP contribution in [0.4, 0.5) is 0 Å². The zero-order valence-corrected chi connectivity index (χ0v) is 19.2. The highest BCUT2D eigenvalue weighted by Crippen LogP contribution is 2.30. The lowest BCUT2D eigenvalue weighted by Gasteiger charge is -2.10. The largest absolute Gasteiger partial charge is 0.507 e. The van der Waals surface area contributed by atoms with Gasteiger partial charge < -0.3 is 29.9 Å². The molecule has 8 nitrogen and oxygen atoms in total. The molecule has 2 rings (SSSR count). The van der Waals surface area contributed by atoms with E-state index in [4.69, 9.17) is 19.7 Å². The van der Waals surface area contributed by atoms with Gasteiger partial charge in [0.2, 0.25) is 0 Å². The molecular formula is C22H27BrO8. The zero-order chi connectivity index (χ0) is 23.6. The lowest BCUT2D eigenvalue weighted by molar-refractivity contribution is 0.100. The van der Waals surface area contributed by atoms with E-state index in [2.05, 4.69) is 15.9 Å². The molecule has 0 spiro atoms. The number of hydrogen-bond donors (Lipinski definition) is 4. The van der Waals surface area contributed by atoms with Crippen LogP contribution in [0.5, 0.6) is 23.0 Å². The Morgan fingerprint density at radius 3 is 1.61 bits per heavy atom. The molecule has 0 aliphatic heterocycles. The molecule has 0 aliphatic carbocycles. The summed E-state index contributed by atoms with van der Waals surface area (Å²) in [6, 6.07) is 5.88. The molecule has 170 valence electrons. The van der Waals surface area contributed by atoms with Crippen molar-refractivity contribution in [2.45, 2.75) is 19.8 Å². The number of aliphatic hydroxyl groups excluding tert-OH is 2. The molecule has 0 bridgehead atoms. The van der Waals surface area contributed by atoms with Gasteiger partial charge in [-0.3, -0.25) is 9.59 Å². The van der Waals surface area contributed by atoms with Crippen molar-refractivity contribution in [3.63, 3.8) is 0 Å². The van der Waals surface area contributed by atoms with Gasteiger partial charge in [0.25, 0.3) is 0 Å². The van der Waals surface area contributed by atoms with Gasteiger partial charge in [-0.15, -0.1) is 0 Å². The van der Waals surface area contributed by atoms with E-state index in [1.165, 1.54) is 33.3 Å². The smallest absolute Gasteiger partial charge is 0.177 e. The second-order valence-corrected chi connectivity index (χ2v) is 6.98. The number of phenols is 2. The van der Waals surface area contributed by atoms with Crippen molar-refractivity contribution in [3.8, 4) is 23.0 Å². The van der Waals surface area contributed by atoms with Gasteiger partial charge in [-0.05, 0) is 43.0 Å². The van der Waals surface area contributed by atoms with Gasteiger partial charge in [0.15, 0.2) is 11.6 Å². The Labute approximate surface area is 189 Å². The Morgan fingerprint density at radius 1 is 0.839 bits per heavy atom. The monoisotopic (exact) mass is 498 g/mol. The molecule has 0 saturated heterocycles. The molecule has 0 unspecified atom stereocenters. The molecule has 0 fully saturated rings. The maximum atomic E-state index is 11.5. The summed E-state index contributed by atoms with van der Waals surface area (Å²) < 4.78 is 10.1. The van der Waals surface area contributed by atoms with Gasteiger partial charge in [-0.2, -0.15) is 0 Å². The van der Waals surface area contributed by atoms with Crippen LogP contribution in [-0.4, -0.2) is 64.8 Å². The van der Waals surface area contributed by atoms with Gasteiger partial charge in [0, 0.05) is 25.3 Å². The average Bonchev–Trinajstić information content (AvgIpc) is 2.75. The van der Waals surface area contributed by atoms with Crippen LogP contribution in [0.25, 0.3) is 0 Å². The standard InChI is InChI=1S/C11H13BrO4.C11H14O4/c1-16-11-5-9(14)8(10(15)6-12)4-7(11)2-3-13;1-7(13)9-5-8(3-4-12)11(15-2)6-10(9)14/h4-5,13-14H,2-3,6H2,1H3;5-6,12,14H,3-4H2,1-2H3. The first-order valence-electron chi connectivity index (χ1n) is 9.35. The van der Waals surface area contributed by atoms with E-state index in [0.29, 0.717) is 35.5 Å². The number of benzene rings is 2. The van der Waals surface area contributed by atoms with Crippen LogP contribution in [0.1, 0.15) is 38.8 Å². The Balaban J connectivity index is 0.000000311. The van der Waals surface area contributed by atoms with Crippen molar-refractivity contribution < 1.29 is 39.5 Å². The Kier molecular flexibility index (Phi) is 11.0. The van der Waals surface area contributed by atoms with Crippen LogP contribution in [0.3, 0.4) is 0 Å². The fraction of sp³-hybridized carbons (Fsp3) is 0.364. The third-order valence-electron chi connectivity index (χ3n) is 4.36. The van der Waals surface area contributed by atoms with E-state index in [0.717, 1.165) is 0 Å². The highest BCUT2D eigenvalue weighted by Gasteiger charge is 2.15. The van der Waals surface area contributed by atoms with E-state index in [1.54, 1.807) is 12.1 Å². The minimum atomic E-state index is -0.214. The van der Waals surface area contributed by atoms with Crippen molar-refractivity contribution in [1.29, 1.82) is 0 Å². The summed E-state index contributed by atoms with van der Waals surface area (Å²) in [4.78, 5) is 22.6. The molecule has 0 atom stereocenters. The van der Waals surface area contributed by atoms with E-state index in [1.807, 2.05) is 0 Å². The van der Waals surface area contributed by atoms with Gasteiger partial charge in [-0.1, -0.05) is 15.9 Å². The number of alkyl halides is 1. The lowest BCUT2D eigenvalue weighted by Crippen LogP contribution is -2.04. The highest BCUT2D eigenvalue weighted by molar-refractivity contribution is 9.09. The van der Waals surface area contributed by atoms with Crippen LogP contribution < -0.4 is 9.47 Å². The van der Waals surface area contributed by atoms with Crippen molar-refractivity contribution in [1.82, 2.24) is 0 Å². The molecule has 9 heteroatoms. The predicted octanol–water partition coefficient (Wildman–Crippen LogP) is 2.65. The Hall–Kier alpha value is -2.62. The maximum Gasteiger partial charge on any atom is 0.177 e. The third-order valence-corrected chi connectivity index (χ3v) is 4.87. The number of aromatic hydroxyl groups is 2. The fourth-order valence-electron chi connectivity index (χ4n) is 2.82. The molecule has 0 radical (unpaired) electrons. The van der Waals surface area contributed by atoms with E-state index < -0.39 is 0 Å². The summed E-state index contributed by atoms with van der Waals surface area (Å²) in [6.07, 6.45) is 0.774. The molecule has 0 saturated carbocycles. The molecular weight excluding hydrogens is 472 g/mol. The molecule has 0 aromatic heterocycles. The first kappa shape index (κ1) is 26.4. The van der Waals surface area contributed by atoms with Crippen LogP contribution in [0.2, 0.25) is 0 Å². The summed E-state index contributed by atoms with van der Waals surface area (Å²) >= 11 is 3.04. The molecule has 2 aromatic rings. The number of aliphatic hydroxyl groups is 2. The topological polar surface area (TPSA) is 134 Å². The number of Topliss-reactive ketones (excluding diaryl/α,β-unsaturated/α-hetero) is 2. The Bertz CT molecular complexity index is 911. The number of rotatable bonds is 9. The van der Waals surface area contributed by atoms with E-state index >= 15 is 0 Å². The van der Waals surface area contributed by atoms with E-state index in [-0.39, 0.29) is 52.7 Å². The second-order valence-electron chi connectivity index (χ2n) is 6.42. The quantitative estimate of drug-likeness (QED) is 0.306. The number of ketones is 2. The summed E-state index contributed by atoms with van der Waals surface area (Å²) in [5.41, 5.74) is 1.90. The van der Waals surface area contributed by atoms with Crippen molar-refractivity contribution in [2.24, 2.45) is 0 Å². The SMILES string of the molecule is COc1cc(O)c(C(=O)CBr)cc1CCO.COc1cc(O)c(C(C)=O)cc1CCO. The Morgan fingerprint density at radius 2 is 1.26 bits per heavy atom. The normalized spacial score (nSPS) is 10.1. The number of methoxy groups -OCH3 is 2. The zero-order valence-electron chi connectivity index (χ0n) is 17.6. The van der Waals surface area contributed by atoms with Crippen LogP contribution in [-0.2, 0) is 12.8 Å².